The Kier molecular flexibility index (Phi) is 4.67. The number of imide groups is 1. The topological polar surface area (TPSA) is 63.5 Å². The second-order valence-corrected chi connectivity index (χ2v) is 8.40. The molecule has 150 valence electrons. The molecular formula is C21H21BrN3O4+. The number of ether oxygens (including phenoxy) is 2. The molecule has 2 aromatic rings. The van der Waals surface area contributed by atoms with Gasteiger partial charge < -0.3 is 19.3 Å². The summed E-state index contributed by atoms with van der Waals surface area (Å²) in [6.07, 6.45) is 0.272. The lowest BCUT2D eigenvalue weighted by atomic mass is 10.1. The standard InChI is InChI=1S/C21H20BrN3O4/c22-14-1-3-15(4-2-14)25-20(26)12-17(21(25)27)24-9-7-23(8-10-24)16-5-6-18-19(11-16)29-13-28-18/h1-6,11,17H,7-10,12-13H2/p+1/t17-/m1/s1. The molecule has 2 saturated heterocycles. The summed E-state index contributed by atoms with van der Waals surface area (Å²) < 4.78 is 11.8. The molecule has 2 aromatic carbocycles. The highest BCUT2D eigenvalue weighted by atomic mass is 79.9. The number of carbonyl (C=O) groups excluding carboxylic acids is 2. The molecule has 0 saturated carbocycles. The van der Waals surface area contributed by atoms with E-state index in [0.29, 0.717) is 5.69 Å². The van der Waals surface area contributed by atoms with Crippen LogP contribution in [0, 0.1) is 0 Å². The Morgan fingerprint density at radius 1 is 0.931 bits per heavy atom. The van der Waals surface area contributed by atoms with Crippen LogP contribution in [0.15, 0.2) is 46.9 Å². The number of piperazine rings is 1. The molecule has 0 spiro atoms. The molecule has 0 aliphatic carbocycles. The van der Waals surface area contributed by atoms with Gasteiger partial charge in [0, 0.05) is 16.2 Å². The third-order valence-corrected chi connectivity index (χ3v) is 6.38. The number of halogens is 1. The van der Waals surface area contributed by atoms with Crippen molar-refractivity contribution in [1.29, 1.82) is 0 Å². The second-order valence-electron chi connectivity index (χ2n) is 7.48. The maximum Gasteiger partial charge on any atom is 0.292 e. The number of anilines is 2. The zero-order chi connectivity index (χ0) is 20.0. The van der Waals surface area contributed by atoms with E-state index < -0.39 is 0 Å². The van der Waals surface area contributed by atoms with Gasteiger partial charge in [0.25, 0.3) is 5.91 Å². The molecule has 0 bridgehead atoms. The first-order valence-corrected chi connectivity index (χ1v) is 10.5. The quantitative estimate of drug-likeness (QED) is 0.700. The largest absolute Gasteiger partial charge is 0.454 e. The summed E-state index contributed by atoms with van der Waals surface area (Å²) in [6.45, 7) is 3.54. The normalized spacial score (nSPS) is 21.9. The summed E-state index contributed by atoms with van der Waals surface area (Å²) in [6, 6.07) is 13.0. The van der Waals surface area contributed by atoms with Gasteiger partial charge in [-0.05, 0) is 36.4 Å². The van der Waals surface area contributed by atoms with E-state index in [-0.39, 0.29) is 31.1 Å². The predicted octanol–water partition coefficient (Wildman–Crippen LogP) is 1.21. The van der Waals surface area contributed by atoms with Crippen molar-refractivity contribution in [3.8, 4) is 11.5 Å². The third kappa shape index (κ3) is 3.36. The summed E-state index contributed by atoms with van der Waals surface area (Å²) in [5.74, 6) is 1.34. The van der Waals surface area contributed by atoms with Gasteiger partial charge >= 0.3 is 0 Å². The van der Waals surface area contributed by atoms with Crippen molar-refractivity contribution >= 4 is 39.1 Å². The molecule has 5 rings (SSSR count). The SMILES string of the molecule is O=C1C[C@@H]([NH+]2CCN(c3ccc4c(c3)OCO4)CC2)C(=O)N1c1ccc(Br)cc1. The van der Waals surface area contributed by atoms with Crippen molar-refractivity contribution in [3.63, 3.8) is 0 Å². The fraction of sp³-hybridized carbons (Fsp3) is 0.333. The lowest BCUT2D eigenvalue weighted by molar-refractivity contribution is -0.915. The molecule has 3 aliphatic rings. The molecular weight excluding hydrogens is 438 g/mol. The van der Waals surface area contributed by atoms with Gasteiger partial charge in [0.2, 0.25) is 12.7 Å². The number of fused-ring (bicyclic) bond motifs is 1. The van der Waals surface area contributed by atoms with Crippen LogP contribution < -0.4 is 24.2 Å². The van der Waals surface area contributed by atoms with Crippen molar-refractivity contribution in [2.24, 2.45) is 0 Å². The van der Waals surface area contributed by atoms with Gasteiger partial charge in [-0.2, -0.15) is 0 Å². The van der Waals surface area contributed by atoms with Crippen molar-refractivity contribution in [2.75, 3.05) is 42.8 Å². The van der Waals surface area contributed by atoms with Crippen LogP contribution in [0.5, 0.6) is 11.5 Å². The molecule has 0 unspecified atom stereocenters. The Morgan fingerprint density at radius 2 is 1.62 bits per heavy atom. The number of hydrogen-bond acceptors (Lipinski definition) is 5. The van der Waals surface area contributed by atoms with Gasteiger partial charge in [0.1, 0.15) is 0 Å². The van der Waals surface area contributed by atoms with Crippen molar-refractivity contribution in [2.45, 2.75) is 12.5 Å². The monoisotopic (exact) mass is 458 g/mol. The highest BCUT2D eigenvalue weighted by molar-refractivity contribution is 9.10. The Balaban J connectivity index is 1.26. The first-order valence-electron chi connectivity index (χ1n) is 9.72. The first kappa shape index (κ1) is 18.4. The molecule has 7 nitrogen and oxygen atoms in total. The van der Waals surface area contributed by atoms with E-state index in [4.69, 9.17) is 9.47 Å². The molecule has 29 heavy (non-hydrogen) atoms. The minimum absolute atomic E-state index is 0.0937. The van der Waals surface area contributed by atoms with Crippen molar-refractivity contribution in [1.82, 2.24) is 0 Å². The van der Waals surface area contributed by atoms with E-state index in [9.17, 15) is 9.59 Å². The van der Waals surface area contributed by atoms with Crippen molar-refractivity contribution in [3.05, 3.63) is 46.9 Å². The molecule has 0 aromatic heterocycles. The lowest BCUT2D eigenvalue weighted by Crippen LogP contribution is -3.19. The lowest BCUT2D eigenvalue weighted by Gasteiger charge is -2.35. The summed E-state index contributed by atoms with van der Waals surface area (Å²) >= 11 is 3.39. The van der Waals surface area contributed by atoms with E-state index in [1.54, 1.807) is 12.1 Å². The van der Waals surface area contributed by atoms with E-state index in [2.05, 4.69) is 20.8 Å². The molecule has 0 radical (unpaired) electrons. The molecule has 2 amide bonds. The minimum atomic E-state index is -0.301. The Labute approximate surface area is 176 Å². The summed E-state index contributed by atoms with van der Waals surface area (Å²) in [7, 11) is 0. The number of carbonyl (C=O) groups is 2. The van der Waals surface area contributed by atoms with Crippen LogP contribution in [-0.2, 0) is 9.59 Å². The fourth-order valence-electron chi connectivity index (χ4n) is 4.29. The Hall–Kier alpha value is -2.58. The average molecular weight is 459 g/mol. The number of benzene rings is 2. The van der Waals surface area contributed by atoms with Gasteiger partial charge in [-0.25, -0.2) is 4.90 Å². The number of amides is 2. The maximum atomic E-state index is 13.0. The predicted molar refractivity (Wildman–Crippen MR) is 111 cm³/mol. The summed E-state index contributed by atoms with van der Waals surface area (Å²) in [5.41, 5.74) is 1.74. The van der Waals surface area contributed by atoms with Gasteiger partial charge in [-0.3, -0.25) is 9.59 Å². The van der Waals surface area contributed by atoms with Gasteiger partial charge in [-0.1, -0.05) is 15.9 Å². The number of quaternary nitrogens is 1. The highest BCUT2D eigenvalue weighted by Gasteiger charge is 2.46. The smallest absolute Gasteiger partial charge is 0.292 e. The van der Waals surface area contributed by atoms with Gasteiger partial charge in [0.05, 0.1) is 38.3 Å². The molecule has 8 heteroatoms. The molecule has 2 fully saturated rings. The van der Waals surface area contributed by atoms with Crippen LogP contribution >= 0.6 is 15.9 Å². The van der Waals surface area contributed by atoms with E-state index in [0.717, 1.165) is 47.8 Å². The molecule has 1 atom stereocenters. The third-order valence-electron chi connectivity index (χ3n) is 5.85. The number of hydrogen-bond donors (Lipinski definition) is 1. The van der Waals surface area contributed by atoms with Gasteiger partial charge in [-0.15, -0.1) is 0 Å². The molecule has 3 heterocycles. The number of nitrogens with zero attached hydrogens (tertiary/aromatic N) is 2. The zero-order valence-electron chi connectivity index (χ0n) is 15.8. The average Bonchev–Trinajstić information content (AvgIpc) is 3.32. The van der Waals surface area contributed by atoms with Crippen LogP contribution in [0.3, 0.4) is 0 Å². The van der Waals surface area contributed by atoms with Crippen LogP contribution in [-0.4, -0.2) is 50.8 Å². The summed E-state index contributed by atoms with van der Waals surface area (Å²) in [4.78, 5) is 30.4. The second kappa shape index (κ2) is 7.35. The first-order chi connectivity index (χ1) is 14.1. The Bertz CT molecular complexity index is 957. The number of rotatable bonds is 3. The Morgan fingerprint density at radius 3 is 2.38 bits per heavy atom. The van der Waals surface area contributed by atoms with E-state index in [1.165, 1.54) is 9.80 Å². The van der Waals surface area contributed by atoms with Crippen LogP contribution in [0.1, 0.15) is 6.42 Å². The van der Waals surface area contributed by atoms with Crippen LogP contribution in [0.25, 0.3) is 0 Å². The van der Waals surface area contributed by atoms with Crippen molar-refractivity contribution < 1.29 is 24.0 Å². The summed E-state index contributed by atoms with van der Waals surface area (Å²) in [5, 5.41) is 0. The fourth-order valence-corrected chi connectivity index (χ4v) is 4.56. The molecule has 3 aliphatic heterocycles. The minimum Gasteiger partial charge on any atom is -0.454 e. The van der Waals surface area contributed by atoms with E-state index >= 15 is 0 Å². The zero-order valence-corrected chi connectivity index (χ0v) is 17.4. The van der Waals surface area contributed by atoms with Crippen LogP contribution in [0.2, 0.25) is 0 Å². The van der Waals surface area contributed by atoms with Gasteiger partial charge in [0.15, 0.2) is 17.5 Å². The van der Waals surface area contributed by atoms with Crippen LogP contribution in [0.4, 0.5) is 11.4 Å². The van der Waals surface area contributed by atoms with E-state index in [1.807, 2.05) is 30.3 Å². The molecule has 1 N–H and O–H groups in total. The number of nitrogens with one attached hydrogen (secondary N) is 1. The highest BCUT2D eigenvalue weighted by Crippen LogP contribution is 2.35. The maximum absolute atomic E-state index is 13.0.